The normalized spacial score (nSPS) is 24.1. The first kappa shape index (κ1) is 46.6. The number of nitrogens with zero attached hydrogens (tertiary/aromatic N) is 1. The number of allylic oxidation sites excluding steroid dienone is 4. The molecule has 11 nitrogen and oxygen atoms in total. The van der Waals surface area contributed by atoms with E-state index in [1.165, 1.54) is 38.2 Å². The van der Waals surface area contributed by atoms with Gasteiger partial charge in [-0.15, -0.1) is 0 Å². The highest BCUT2D eigenvalue weighted by atomic mass is 16.6. The van der Waals surface area contributed by atoms with Crippen molar-refractivity contribution in [3.63, 3.8) is 0 Å². The second kappa shape index (κ2) is 26.4. The van der Waals surface area contributed by atoms with E-state index in [1.54, 1.807) is 13.8 Å². The molecule has 4 bridgehead atoms. The number of carbonyl (C=O) groups excluding carboxylic acids is 4. The second-order valence-corrected chi connectivity index (χ2v) is 11.9. The van der Waals surface area contributed by atoms with E-state index in [9.17, 15) is 19.2 Å². The van der Waals surface area contributed by atoms with Gasteiger partial charge >= 0.3 is 18.0 Å². The van der Waals surface area contributed by atoms with Gasteiger partial charge in [0.1, 0.15) is 13.2 Å². The summed E-state index contributed by atoms with van der Waals surface area (Å²) in [7, 11) is 0. The zero-order valence-electron chi connectivity index (χ0n) is 26.7. The van der Waals surface area contributed by atoms with Crippen molar-refractivity contribution in [2.75, 3.05) is 52.7 Å². The standard InChI is InChI=1S/C15H21NO4.C8H12O.C7H9NO3.C4H8O.3CH4/c1-10(2)14(17)19-6-5-16-15(18)20-9-13-8-11-3-4-12(13)7-11;9-5-8-4-6-1-2-7(8)3-6;1-6(2)7(10)11-4-3-8-5-9;1-2-4-5-3-1;;;/h3-4,11-13H,1,5-9H2,2H3,(H,16,18);1-2,6-9H,3-5H2;1,3-4H2,2H3;1-4H2;3*1H4. The van der Waals surface area contributed by atoms with Gasteiger partial charge in [0.05, 0.1) is 19.7 Å². The van der Waals surface area contributed by atoms with Crippen LogP contribution in [-0.2, 0) is 33.3 Å². The van der Waals surface area contributed by atoms with Crippen LogP contribution >= 0.6 is 0 Å². The Bertz CT molecular complexity index is 1080. The Morgan fingerprint density at radius 2 is 1.35 bits per heavy atom. The van der Waals surface area contributed by atoms with E-state index in [0.717, 1.165) is 31.5 Å². The summed E-state index contributed by atoms with van der Waals surface area (Å²) < 4.78 is 19.6. The lowest BCUT2D eigenvalue weighted by atomic mass is 9.95. The second-order valence-electron chi connectivity index (χ2n) is 11.9. The molecule has 5 rings (SSSR count). The fraction of sp³-hybridized carbons (Fsp3) is 0.676. The zero-order chi connectivity index (χ0) is 33.0. The Labute approximate surface area is 288 Å². The maximum atomic E-state index is 11.5. The Morgan fingerprint density at radius 3 is 1.73 bits per heavy atom. The van der Waals surface area contributed by atoms with Gasteiger partial charge in [-0.25, -0.2) is 24.2 Å². The smallest absolute Gasteiger partial charge is 0.407 e. The Hall–Kier alpha value is -3.53. The summed E-state index contributed by atoms with van der Waals surface area (Å²) in [6, 6.07) is 0. The van der Waals surface area contributed by atoms with Crippen molar-refractivity contribution >= 4 is 24.1 Å². The number of aliphatic hydroxyl groups excluding tert-OH is 1. The average Bonchev–Trinajstić information content (AvgIpc) is 3.89. The van der Waals surface area contributed by atoms with Crippen LogP contribution in [0.3, 0.4) is 0 Å². The number of nitrogens with one attached hydrogen (secondary N) is 1. The predicted octanol–water partition coefficient (Wildman–Crippen LogP) is 6.38. The monoisotopic (exact) mass is 678 g/mol. The van der Waals surface area contributed by atoms with E-state index < -0.39 is 18.0 Å². The van der Waals surface area contributed by atoms with Crippen LogP contribution in [0.25, 0.3) is 0 Å². The van der Waals surface area contributed by atoms with Gasteiger partial charge in [-0.2, -0.15) is 0 Å². The molecule has 11 heteroatoms. The number of aliphatic hydroxyl groups is 1. The van der Waals surface area contributed by atoms with Gasteiger partial charge < -0.3 is 29.4 Å². The largest absolute Gasteiger partial charge is 0.460 e. The van der Waals surface area contributed by atoms with E-state index in [0.29, 0.717) is 48.0 Å². The predicted molar refractivity (Wildman–Crippen MR) is 189 cm³/mol. The lowest BCUT2D eigenvalue weighted by Gasteiger charge is -2.17. The van der Waals surface area contributed by atoms with Crippen LogP contribution < -0.4 is 5.32 Å². The first-order valence-corrected chi connectivity index (χ1v) is 15.8. The summed E-state index contributed by atoms with van der Waals surface area (Å²) in [5, 5.41) is 11.4. The summed E-state index contributed by atoms with van der Waals surface area (Å²) in [6.45, 7) is 13.4. The number of fused-ring (bicyclic) bond motifs is 4. The fourth-order valence-corrected chi connectivity index (χ4v) is 5.71. The molecule has 0 aromatic heterocycles. The molecule has 4 aliphatic carbocycles. The average molecular weight is 679 g/mol. The number of isocyanates is 1. The number of esters is 2. The molecule has 6 atom stereocenters. The van der Waals surface area contributed by atoms with Crippen LogP contribution in [0.1, 0.15) is 74.7 Å². The molecule has 2 N–H and O–H groups in total. The highest BCUT2D eigenvalue weighted by Crippen LogP contribution is 2.43. The third-order valence-corrected chi connectivity index (χ3v) is 8.13. The third-order valence-electron chi connectivity index (χ3n) is 8.13. The van der Waals surface area contributed by atoms with Crippen LogP contribution in [0.2, 0.25) is 0 Å². The fourth-order valence-electron chi connectivity index (χ4n) is 5.71. The molecule has 0 radical (unpaired) electrons. The number of hydrogen-bond acceptors (Lipinski definition) is 10. The number of amides is 1. The number of ether oxygens (including phenoxy) is 4. The molecule has 2 saturated carbocycles. The van der Waals surface area contributed by atoms with Crippen molar-refractivity contribution in [2.45, 2.75) is 74.7 Å². The van der Waals surface area contributed by atoms with Gasteiger partial charge in [-0.05, 0) is 82.0 Å². The van der Waals surface area contributed by atoms with Crippen molar-refractivity contribution in [3.8, 4) is 0 Å². The number of hydrogen-bond donors (Lipinski definition) is 2. The minimum absolute atomic E-state index is 0. The molecule has 5 aliphatic rings. The van der Waals surface area contributed by atoms with Crippen molar-refractivity contribution in [1.29, 1.82) is 0 Å². The summed E-state index contributed by atoms with van der Waals surface area (Å²) >= 11 is 0. The molecule has 0 spiro atoms. The molecular weight excluding hydrogens is 616 g/mol. The maximum Gasteiger partial charge on any atom is 0.407 e. The minimum atomic E-state index is -0.467. The maximum absolute atomic E-state index is 11.5. The van der Waals surface area contributed by atoms with Gasteiger partial charge in [-0.1, -0.05) is 59.7 Å². The first-order chi connectivity index (χ1) is 21.6. The van der Waals surface area contributed by atoms with E-state index in [-0.39, 0.29) is 48.6 Å². The molecule has 1 saturated heterocycles. The molecule has 6 unspecified atom stereocenters. The number of aliphatic imine (C=N–C) groups is 1. The van der Waals surface area contributed by atoms with Crippen molar-refractivity contribution in [2.24, 2.45) is 40.5 Å². The molecular formula is C37H62N2O9. The molecule has 3 fully saturated rings. The molecule has 1 amide bonds. The zero-order valence-corrected chi connectivity index (χ0v) is 26.7. The number of rotatable bonds is 11. The first-order valence-electron chi connectivity index (χ1n) is 15.8. The molecule has 274 valence electrons. The van der Waals surface area contributed by atoms with E-state index in [1.807, 2.05) is 0 Å². The van der Waals surface area contributed by atoms with Gasteiger partial charge in [0.25, 0.3) is 0 Å². The Kier molecular flexibility index (Phi) is 25.6. The lowest BCUT2D eigenvalue weighted by Crippen LogP contribution is -2.30. The quantitative estimate of drug-likeness (QED) is 0.0483. The molecule has 1 aliphatic heterocycles. The lowest BCUT2D eigenvalue weighted by molar-refractivity contribution is -0.139. The summed E-state index contributed by atoms with van der Waals surface area (Å²) in [5.74, 6) is 2.92. The van der Waals surface area contributed by atoms with Gasteiger partial charge in [0.15, 0.2) is 0 Å². The summed E-state index contributed by atoms with van der Waals surface area (Å²) in [5.41, 5.74) is 0.678. The number of carbonyl (C=O) groups is 3. The highest BCUT2D eigenvalue weighted by Gasteiger charge is 2.36. The van der Waals surface area contributed by atoms with Gasteiger partial charge in [0.2, 0.25) is 6.08 Å². The van der Waals surface area contributed by atoms with Crippen LogP contribution in [0.4, 0.5) is 4.79 Å². The topological polar surface area (TPSA) is 150 Å². The van der Waals surface area contributed by atoms with Crippen LogP contribution in [0.5, 0.6) is 0 Å². The summed E-state index contributed by atoms with van der Waals surface area (Å²) in [4.78, 5) is 45.9. The molecule has 0 aromatic carbocycles. The van der Waals surface area contributed by atoms with Crippen molar-refractivity contribution in [1.82, 2.24) is 5.32 Å². The summed E-state index contributed by atoms with van der Waals surface area (Å²) in [6.07, 6.45) is 17.4. The van der Waals surface area contributed by atoms with Gasteiger partial charge in [-0.3, -0.25) is 0 Å². The molecule has 48 heavy (non-hydrogen) atoms. The minimum Gasteiger partial charge on any atom is -0.460 e. The van der Waals surface area contributed by atoms with Crippen LogP contribution in [0, 0.1) is 35.5 Å². The van der Waals surface area contributed by atoms with E-state index in [2.05, 4.69) is 52.5 Å². The molecule has 0 aromatic rings. The SMILES string of the molecule is C.C.C.C1CCOC1.C=C(C)C(=O)OCCN=C=O.C=C(C)C(=O)OCCNC(=O)OCC1CC2C=CC1C2.OCC1CC2C=CC1C2. The van der Waals surface area contributed by atoms with Gasteiger partial charge in [0, 0.05) is 36.9 Å². The van der Waals surface area contributed by atoms with Crippen LogP contribution in [0.15, 0.2) is 53.6 Å². The van der Waals surface area contributed by atoms with Crippen molar-refractivity contribution < 1.29 is 43.2 Å². The van der Waals surface area contributed by atoms with Crippen LogP contribution in [-0.4, -0.2) is 81.9 Å². The van der Waals surface area contributed by atoms with Crippen molar-refractivity contribution in [3.05, 3.63) is 48.6 Å². The Balaban J connectivity index is 0. The molecule has 1 heterocycles. The third kappa shape index (κ3) is 18.1. The highest BCUT2D eigenvalue weighted by molar-refractivity contribution is 5.87. The van der Waals surface area contributed by atoms with E-state index >= 15 is 0 Å². The number of alkyl carbamates (subject to hydrolysis) is 1. The Morgan fingerprint density at radius 1 is 0.833 bits per heavy atom. The van der Waals surface area contributed by atoms with E-state index in [4.69, 9.17) is 19.3 Å².